The molecule has 1 aromatic rings. The Morgan fingerprint density at radius 3 is 2.82 bits per heavy atom. The quantitative estimate of drug-likeness (QED) is 0.892. The van der Waals surface area contributed by atoms with E-state index in [9.17, 15) is 4.79 Å². The molecule has 1 N–H and O–H groups in total. The highest BCUT2D eigenvalue weighted by Gasteiger charge is 2.38. The van der Waals surface area contributed by atoms with Crippen molar-refractivity contribution in [1.29, 1.82) is 0 Å². The van der Waals surface area contributed by atoms with Gasteiger partial charge in [0.2, 0.25) is 0 Å². The first kappa shape index (κ1) is 12.6. The van der Waals surface area contributed by atoms with Crippen molar-refractivity contribution in [3.05, 3.63) is 34.9 Å². The molecule has 3 heteroatoms. The van der Waals surface area contributed by atoms with E-state index in [0.29, 0.717) is 17.2 Å². The third-order valence-corrected chi connectivity index (χ3v) is 4.19. The van der Waals surface area contributed by atoms with E-state index in [1.807, 2.05) is 24.3 Å². The number of ketones is 1. The number of hydrogen-bond donors (Lipinski definition) is 1. The first-order valence-electron chi connectivity index (χ1n) is 6.15. The lowest BCUT2D eigenvalue weighted by Crippen LogP contribution is -2.34. The first-order chi connectivity index (χ1) is 8.18. The Bertz CT molecular complexity index is 410. The molecular formula is C14H18ClNO. The van der Waals surface area contributed by atoms with Crippen molar-refractivity contribution >= 4 is 17.4 Å². The molecule has 0 bridgehead atoms. The molecular weight excluding hydrogens is 234 g/mol. The Kier molecular flexibility index (Phi) is 3.85. The lowest BCUT2D eigenvalue weighted by molar-refractivity contribution is -0.127. The van der Waals surface area contributed by atoms with Crippen LogP contribution in [0.2, 0.25) is 5.02 Å². The summed E-state index contributed by atoms with van der Waals surface area (Å²) in [4.78, 5) is 12.4. The number of nitrogens with one attached hydrogen (secondary N) is 1. The number of halogens is 1. The van der Waals surface area contributed by atoms with Gasteiger partial charge in [0, 0.05) is 23.4 Å². The molecule has 0 amide bonds. The van der Waals surface area contributed by atoms with Crippen molar-refractivity contribution in [2.75, 3.05) is 13.1 Å². The van der Waals surface area contributed by atoms with Gasteiger partial charge >= 0.3 is 0 Å². The molecule has 0 aromatic heterocycles. The molecule has 92 valence electrons. The Balaban J connectivity index is 2.14. The zero-order chi connectivity index (χ0) is 12.3. The van der Waals surface area contributed by atoms with Crippen molar-refractivity contribution in [2.24, 2.45) is 5.41 Å². The maximum Gasteiger partial charge on any atom is 0.144 e. The second-order valence-electron chi connectivity index (χ2n) is 4.75. The van der Waals surface area contributed by atoms with Gasteiger partial charge in [0.25, 0.3) is 0 Å². The van der Waals surface area contributed by atoms with Crippen molar-refractivity contribution in [3.8, 4) is 0 Å². The Morgan fingerprint density at radius 1 is 1.47 bits per heavy atom. The molecule has 0 aliphatic carbocycles. The van der Waals surface area contributed by atoms with Gasteiger partial charge < -0.3 is 5.32 Å². The largest absolute Gasteiger partial charge is 0.316 e. The third kappa shape index (κ3) is 2.53. The Labute approximate surface area is 107 Å². The molecule has 17 heavy (non-hydrogen) atoms. The van der Waals surface area contributed by atoms with E-state index < -0.39 is 0 Å². The van der Waals surface area contributed by atoms with Crippen LogP contribution in [0.1, 0.15) is 25.3 Å². The minimum atomic E-state index is -0.167. The van der Waals surface area contributed by atoms with Gasteiger partial charge in [0.05, 0.1) is 0 Å². The van der Waals surface area contributed by atoms with Crippen LogP contribution < -0.4 is 5.32 Å². The molecule has 1 atom stereocenters. The lowest BCUT2D eigenvalue weighted by atomic mass is 9.78. The summed E-state index contributed by atoms with van der Waals surface area (Å²) in [6.07, 6.45) is 2.31. The van der Waals surface area contributed by atoms with Crippen LogP contribution in [0.4, 0.5) is 0 Å². The van der Waals surface area contributed by atoms with Gasteiger partial charge in [0.15, 0.2) is 0 Å². The smallest absolute Gasteiger partial charge is 0.144 e. The first-order valence-corrected chi connectivity index (χ1v) is 6.53. The third-order valence-electron chi connectivity index (χ3n) is 3.82. The fraction of sp³-hybridized carbons (Fsp3) is 0.500. The number of rotatable bonds is 4. The molecule has 1 aliphatic rings. The summed E-state index contributed by atoms with van der Waals surface area (Å²) < 4.78 is 0. The summed E-state index contributed by atoms with van der Waals surface area (Å²) in [6.45, 7) is 3.85. The number of carbonyl (C=O) groups is 1. The van der Waals surface area contributed by atoms with Crippen LogP contribution >= 0.6 is 11.6 Å². The molecule has 0 spiro atoms. The average molecular weight is 252 g/mol. The van der Waals surface area contributed by atoms with Crippen molar-refractivity contribution in [3.63, 3.8) is 0 Å². The average Bonchev–Trinajstić information content (AvgIpc) is 2.82. The molecule has 2 rings (SSSR count). The summed E-state index contributed by atoms with van der Waals surface area (Å²) in [5.41, 5.74) is 0.776. The van der Waals surface area contributed by atoms with Gasteiger partial charge in [-0.05, 0) is 31.0 Å². The van der Waals surface area contributed by atoms with Crippen LogP contribution in [0.25, 0.3) is 0 Å². The van der Waals surface area contributed by atoms with E-state index >= 15 is 0 Å². The molecule has 1 aromatic carbocycles. The SMILES string of the molecule is CCC1(C(=O)Cc2ccccc2Cl)CCNC1. The molecule has 0 radical (unpaired) electrons. The maximum atomic E-state index is 12.4. The van der Waals surface area contributed by atoms with Crippen LogP contribution in [-0.2, 0) is 11.2 Å². The number of benzene rings is 1. The number of hydrogen-bond acceptors (Lipinski definition) is 2. The molecule has 0 saturated carbocycles. The Morgan fingerprint density at radius 2 is 2.24 bits per heavy atom. The van der Waals surface area contributed by atoms with E-state index in [1.165, 1.54) is 0 Å². The van der Waals surface area contributed by atoms with Gasteiger partial charge in [-0.25, -0.2) is 0 Å². The van der Waals surface area contributed by atoms with Gasteiger partial charge in [-0.3, -0.25) is 4.79 Å². The molecule has 2 nitrogen and oxygen atoms in total. The van der Waals surface area contributed by atoms with E-state index in [2.05, 4.69) is 12.2 Å². The highest BCUT2D eigenvalue weighted by atomic mass is 35.5. The molecule has 1 saturated heterocycles. The van der Waals surface area contributed by atoms with Crippen LogP contribution in [0, 0.1) is 5.41 Å². The predicted molar refractivity (Wildman–Crippen MR) is 70.4 cm³/mol. The molecule has 1 unspecified atom stereocenters. The minimum Gasteiger partial charge on any atom is -0.316 e. The zero-order valence-electron chi connectivity index (χ0n) is 10.1. The van der Waals surface area contributed by atoms with Crippen molar-refractivity contribution in [2.45, 2.75) is 26.2 Å². The van der Waals surface area contributed by atoms with Crippen LogP contribution in [0.3, 0.4) is 0 Å². The highest BCUT2D eigenvalue weighted by Crippen LogP contribution is 2.32. The Hall–Kier alpha value is -0.860. The summed E-state index contributed by atoms with van der Waals surface area (Å²) in [5.74, 6) is 0.318. The number of carbonyl (C=O) groups excluding carboxylic acids is 1. The fourth-order valence-electron chi connectivity index (χ4n) is 2.48. The zero-order valence-corrected chi connectivity index (χ0v) is 10.9. The molecule has 1 heterocycles. The normalized spacial score (nSPS) is 23.9. The van der Waals surface area contributed by atoms with Crippen LogP contribution in [0.5, 0.6) is 0 Å². The maximum absolute atomic E-state index is 12.4. The van der Waals surface area contributed by atoms with Gasteiger partial charge in [0.1, 0.15) is 5.78 Å². The minimum absolute atomic E-state index is 0.167. The second-order valence-corrected chi connectivity index (χ2v) is 5.16. The summed E-state index contributed by atoms with van der Waals surface area (Å²) in [7, 11) is 0. The molecule has 1 aliphatic heterocycles. The van der Waals surface area contributed by atoms with Crippen molar-refractivity contribution in [1.82, 2.24) is 5.32 Å². The van der Waals surface area contributed by atoms with Gasteiger partial charge in [-0.1, -0.05) is 36.7 Å². The second kappa shape index (κ2) is 5.19. The van der Waals surface area contributed by atoms with E-state index in [0.717, 1.165) is 31.5 Å². The molecule has 1 fully saturated rings. The lowest BCUT2D eigenvalue weighted by Gasteiger charge is -2.25. The van der Waals surface area contributed by atoms with E-state index in [1.54, 1.807) is 0 Å². The van der Waals surface area contributed by atoms with Crippen LogP contribution in [0.15, 0.2) is 24.3 Å². The summed E-state index contributed by atoms with van der Waals surface area (Å²) in [6, 6.07) is 7.60. The topological polar surface area (TPSA) is 29.1 Å². The van der Waals surface area contributed by atoms with E-state index in [4.69, 9.17) is 11.6 Å². The highest BCUT2D eigenvalue weighted by molar-refractivity contribution is 6.31. The number of Topliss-reactive ketones (excluding diaryl/α,β-unsaturated/α-hetero) is 1. The monoisotopic (exact) mass is 251 g/mol. The van der Waals surface area contributed by atoms with Gasteiger partial charge in [-0.2, -0.15) is 0 Å². The summed E-state index contributed by atoms with van der Waals surface area (Å²) >= 11 is 6.10. The fourth-order valence-corrected chi connectivity index (χ4v) is 2.69. The van der Waals surface area contributed by atoms with Gasteiger partial charge in [-0.15, -0.1) is 0 Å². The van der Waals surface area contributed by atoms with E-state index in [-0.39, 0.29) is 5.41 Å². The van der Waals surface area contributed by atoms with Crippen molar-refractivity contribution < 1.29 is 4.79 Å². The predicted octanol–water partition coefficient (Wildman–Crippen LogP) is 2.84. The van der Waals surface area contributed by atoms with Crippen LogP contribution in [-0.4, -0.2) is 18.9 Å². The standard InChI is InChI=1S/C14H18ClNO/c1-2-14(7-8-16-10-14)13(17)9-11-5-3-4-6-12(11)15/h3-6,16H,2,7-10H2,1H3. The summed E-state index contributed by atoms with van der Waals surface area (Å²) in [5, 5.41) is 3.98.